The number of hydrogen-bond donors (Lipinski definition) is 0. The number of fused-ring (bicyclic) bond motifs is 1. The van der Waals surface area contributed by atoms with E-state index in [0.29, 0.717) is 10.2 Å². The highest BCUT2D eigenvalue weighted by atomic mass is 35.7. The third-order valence-electron chi connectivity index (χ3n) is 3.06. The van der Waals surface area contributed by atoms with Crippen LogP contribution in [0.4, 0.5) is 5.13 Å². The van der Waals surface area contributed by atoms with Gasteiger partial charge in [-0.05, 0) is 18.2 Å². The Kier molecular flexibility index (Phi) is 3.40. The summed E-state index contributed by atoms with van der Waals surface area (Å²) in [7, 11) is 1.57. The van der Waals surface area contributed by atoms with Crippen LogP contribution in [0.2, 0.25) is 5.02 Å². The Morgan fingerprint density at radius 1 is 1.40 bits per heavy atom. The first-order valence-electron chi connectivity index (χ1n) is 5.64. The number of carbonyl (C=O) groups excluding carboxylic acids is 1. The number of benzene rings is 1. The van der Waals surface area contributed by atoms with Crippen molar-refractivity contribution in [3.63, 3.8) is 0 Å². The molecule has 2 heterocycles. The van der Waals surface area contributed by atoms with E-state index < -0.39 is 14.3 Å². The average molecular weight is 351 g/mol. The monoisotopic (exact) mass is 350 g/mol. The fraction of sp³-hybridized carbons (Fsp3) is 0.273. The molecule has 1 fully saturated rings. The summed E-state index contributed by atoms with van der Waals surface area (Å²) in [5.74, 6) is -0.288. The first-order valence-corrected chi connectivity index (χ1v) is 9.21. The predicted molar refractivity (Wildman–Crippen MR) is 80.2 cm³/mol. The maximum atomic E-state index is 11.9. The van der Waals surface area contributed by atoms with Gasteiger partial charge in [-0.15, -0.1) is 0 Å². The second kappa shape index (κ2) is 4.84. The molecule has 5 nitrogen and oxygen atoms in total. The fourth-order valence-electron chi connectivity index (χ4n) is 2.05. The Balaban J connectivity index is 1.97. The van der Waals surface area contributed by atoms with Crippen molar-refractivity contribution >= 4 is 63.9 Å². The molecule has 0 aliphatic carbocycles. The van der Waals surface area contributed by atoms with Gasteiger partial charge >= 0.3 is 0 Å². The molecule has 1 atom stereocenters. The van der Waals surface area contributed by atoms with Crippen molar-refractivity contribution in [3.8, 4) is 0 Å². The fourth-order valence-corrected chi connectivity index (χ4v) is 4.35. The van der Waals surface area contributed by atoms with Crippen LogP contribution in [0.3, 0.4) is 0 Å². The minimum absolute atomic E-state index is 0.0399. The number of halogens is 2. The summed E-state index contributed by atoms with van der Waals surface area (Å²) in [6, 6.07) is 5.23. The van der Waals surface area contributed by atoms with Gasteiger partial charge < -0.3 is 0 Å². The van der Waals surface area contributed by atoms with Gasteiger partial charge in [0.15, 0.2) is 5.13 Å². The molecule has 20 heavy (non-hydrogen) atoms. The van der Waals surface area contributed by atoms with Crippen molar-refractivity contribution in [3.05, 3.63) is 23.2 Å². The number of aromatic nitrogens is 1. The summed E-state index contributed by atoms with van der Waals surface area (Å²) < 4.78 is 23.5. The standard InChI is InChI=1S/C11H8Cl2N2O3S2/c12-6-1-2-8-9(3-6)19-11(14-8)15-5-7(4-10(15)16)20(13,17)18/h1-3,7H,4-5H2. The van der Waals surface area contributed by atoms with Crippen molar-refractivity contribution < 1.29 is 13.2 Å². The molecule has 0 radical (unpaired) electrons. The minimum Gasteiger partial charge on any atom is -0.287 e. The molecule has 106 valence electrons. The van der Waals surface area contributed by atoms with Gasteiger partial charge in [0, 0.05) is 28.7 Å². The Labute approximate surface area is 128 Å². The SMILES string of the molecule is O=C1CC(S(=O)(=O)Cl)CN1c1nc2ccc(Cl)cc2s1. The summed E-state index contributed by atoms with van der Waals surface area (Å²) >= 11 is 7.20. The Morgan fingerprint density at radius 2 is 2.15 bits per heavy atom. The third kappa shape index (κ3) is 2.50. The minimum atomic E-state index is -3.75. The van der Waals surface area contributed by atoms with Crippen molar-refractivity contribution in [2.45, 2.75) is 11.7 Å². The molecule has 1 aromatic heterocycles. The van der Waals surface area contributed by atoms with E-state index in [4.69, 9.17) is 22.3 Å². The smallest absolute Gasteiger partial charge is 0.237 e. The van der Waals surface area contributed by atoms with Gasteiger partial charge in [-0.3, -0.25) is 9.69 Å². The van der Waals surface area contributed by atoms with E-state index in [-0.39, 0.29) is 18.9 Å². The van der Waals surface area contributed by atoms with Gasteiger partial charge in [-0.25, -0.2) is 13.4 Å². The summed E-state index contributed by atoms with van der Waals surface area (Å²) in [5.41, 5.74) is 0.722. The summed E-state index contributed by atoms with van der Waals surface area (Å²) in [4.78, 5) is 17.6. The molecular weight excluding hydrogens is 343 g/mol. The Bertz CT molecular complexity index is 803. The summed E-state index contributed by atoms with van der Waals surface area (Å²) in [6.45, 7) is 0.0399. The van der Waals surface area contributed by atoms with Crippen LogP contribution in [0, 0.1) is 0 Å². The van der Waals surface area contributed by atoms with Gasteiger partial charge in [-0.2, -0.15) is 0 Å². The highest BCUT2D eigenvalue weighted by Gasteiger charge is 2.39. The first kappa shape index (κ1) is 14.1. The van der Waals surface area contributed by atoms with E-state index in [2.05, 4.69) is 4.98 Å². The number of thiazole rings is 1. The maximum absolute atomic E-state index is 11.9. The molecule has 0 bridgehead atoms. The Morgan fingerprint density at radius 3 is 2.80 bits per heavy atom. The van der Waals surface area contributed by atoms with Crippen LogP contribution in [0.5, 0.6) is 0 Å². The number of carbonyl (C=O) groups is 1. The van der Waals surface area contributed by atoms with E-state index >= 15 is 0 Å². The van der Waals surface area contributed by atoms with Crippen molar-refractivity contribution in [2.24, 2.45) is 0 Å². The van der Waals surface area contributed by atoms with E-state index in [1.807, 2.05) is 0 Å². The Hall–Kier alpha value is -0.890. The number of amides is 1. The third-order valence-corrected chi connectivity index (χ3v) is 6.20. The zero-order valence-electron chi connectivity index (χ0n) is 9.92. The molecule has 0 N–H and O–H groups in total. The lowest BCUT2D eigenvalue weighted by Crippen LogP contribution is -2.26. The van der Waals surface area contributed by atoms with Gasteiger partial charge in [-0.1, -0.05) is 22.9 Å². The molecule has 1 aromatic carbocycles. The van der Waals surface area contributed by atoms with Crippen LogP contribution in [0.1, 0.15) is 6.42 Å². The van der Waals surface area contributed by atoms with E-state index in [1.165, 1.54) is 16.2 Å². The van der Waals surface area contributed by atoms with E-state index in [0.717, 1.165) is 10.2 Å². The number of rotatable bonds is 2. The molecule has 2 aromatic rings. The lowest BCUT2D eigenvalue weighted by Gasteiger charge is -2.11. The van der Waals surface area contributed by atoms with Gasteiger partial charge in [0.1, 0.15) is 5.25 Å². The van der Waals surface area contributed by atoms with Gasteiger partial charge in [0.2, 0.25) is 15.0 Å². The highest BCUT2D eigenvalue weighted by molar-refractivity contribution is 8.14. The molecule has 1 saturated heterocycles. The van der Waals surface area contributed by atoms with Gasteiger partial charge in [0.25, 0.3) is 0 Å². The molecule has 3 rings (SSSR count). The second-order valence-corrected chi connectivity index (χ2v) is 8.77. The molecule has 1 aliphatic rings. The molecule has 0 saturated carbocycles. The second-order valence-electron chi connectivity index (χ2n) is 4.41. The van der Waals surface area contributed by atoms with Crippen LogP contribution in [0.25, 0.3) is 10.2 Å². The van der Waals surface area contributed by atoms with Crippen LogP contribution in [-0.2, 0) is 13.8 Å². The van der Waals surface area contributed by atoms with Crippen LogP contribution in [-0.4, -0.2) is 31.1 Å². The number of anilines is 1. The highest BCUT2D eigenvalue weighted by Crippen LogP contribution is 2.34. The molecule has 0 spiro atoms. The quantitative estimate of drug-likeness (QED) is 0.780. The van der Waals surface area contributed by atoms with Crippen molar-refractivity contribution in [2.75, 3.05) is 11.4 Å². The van der Waals surface area contributed by atoms with Crippen LogP contribution < -0.4 is 4.90 Å². The summed E-state index contributed by atoms with van der Waals surface area (Å²) in [6.07, 6.45) is -0.109. The molecule has 1 amide bonds. The molecule has 1 unspecified atom stereocenters. The topological polar surface area (TPSA) is 67.3 Å². The average Bonchev–Trinajstić information content (AvgIpc) is 2.90. The molecular formula is C11H8Cl2N2O3S2. The van der Waals surface area contributed by atoms with Crippen LogP contribution in [0.15, 0.2) is 18.2 Å². The molecule has 1 aliphatic heterocycles. The van der Waals surface area contributed by atoms with Crippen LogP contribution >= 0.6 is 33.6 Å². The zero-order valence-corrected chi connectivity index (χ0v) is 13.1. The largest absolute Gasteiger partial charge is 0.287 e. The predicted octanol–water partition coefficient (Wildman–Crippen LogP) is 2.62. The van der Waals surface area contributed by atoms with Crippen molar-refractivity contribution in [1.82, 2.24) is 4.98 Å². The lowest BCUT2D eigenvalue weighted by atomic mass is 10.3. The van der Waals surface area contributed by atoms with Crippen molar-refractivity contribution in [1.29, 1.82) is 0 Å². The maximum Gasteiger partial charge on any atom is 0.237 e. The summed E-state index contributed by atoms with van der Waals surface area (Å²) in [5, 5.41) is 0.170. The van der Waals surface area contributed by atoms with E-state index in [9.17, 15) is 13.2 Å². The normalized spacial score (nSPS) is 20.0. The molecule has 9 heteroatoms. The number of hydrogen-bond acceptors (Lipinski definition) is 5. The first-order chi connectivity index (χ1) is 9.34. The van der Waals surface area contributed by atoms with Gasteiger partial charge in [0.05, 0.1) is 10.2 Å². The number of nitrogens with zero attached hydrogens (tertiary/aromatic N) is 2. The lowest BCUT2D eigenvalue weighted by molar-refractivity contribution is -0.117. The zero-order chi connectivity index (χ0) is 14.5. The van der Waals surface area contributed by atoms with E-state index in [1.54, 1.807) is 18.2 Å².